The number of hydrogen-bond acceptors (Lipinski definition) is 3. The first-order chi connectivity index (χ1) is 12.9. The summed E-state index contributed by atoms with van der Waals surface area (Å²) in [5.41, 5.74) is 2.31. The summed E-state index contributed by atoms with van der Waals surface area (Å²) < 4.78 is 14.8. The summed E-state index contributed by atoms with van der Waals surface area (Å²) in [6.07, 6.45) is 1.54. The molecular weight excluding hydrogens is 406 g/mol. The van der Waals surface area contributed by atoms with Gasteiger partial charge in [-0.05, 0) is 42.3 Å². The van der Waals surface area contributed by atoms with Crippen LogP contribution in [0.4, 0.5) is 4.39 Å². The summed E-state index contributed by atoms with van der Waals surface area (Å²) in [5, 5.41) is 1.45. The Hall–Kier alpha value is -2.21. The average molecular weight is 419 g/mol. The zero-order chi connectivity index (χ0) is 19.1. The van der Waals surface area contributed by atoms with E-state index >= 15 is 0 Å². The van der Waals surface area contributed by atoms with Crippen molar-refractivity contribution in [1.29, 1.82) is 0 Å². The topological polar surface area (TPSA) is 34.9 Å². The number of aromatic nitrogens is 2. The molecule has 4 rings (SSSR count). The lowest BCUT2D eigenvalue weighted by atomic mass is 10.0. The predicted octanol–water partition coefficient (Wildman–Crippen LogP) is 5.93. The van der Waals surface area contributed by atoms with Gasteiger partial charge in [-0.3, -0.25) is 9.36 Å². The number of hydrogen-bond donors (Lipinski definition) is 0. The maximum Gasteiger partial charge on any atom is 0.263 e. The number of aryl methyl sites for hydroxylation is 1. The van der Waals surface area contributed by atoms with Crippen LogP contribution in [0.5, 0.6) is 0 Å². The minimum Gasteiger partial charge on any atom is -0.294 e. The molecule has 0 N–H and O–H groups in total. The Bertz CT molecular complexity index is 1220. The van der Waals surface area contributed by atoms with Crippen LogP contribution in [0, 0.1) is 12.7 Å². The molecule has 0 spiro atoms. The van der Waals surface area contributed by atoms with E-state index in [2.05, 4.69) is 4.98 Å². The van der Waals surface area contributed by atoms with Crippen LogP contribution in [0.1, 0.15) is 10.4 Å². The molecule has 0 radical (unpaired) electrons. The van der Waals surface area contributed by atoms with Crippen molar-refractivity contribution >= 4 is 44.8 Å². The molecule has 0 saturated carbocycles. The van der Waals surface area contributed by atoms with Gasteiger partial charge in [0.2, 0.25) is 0 Å². The maximum atomic E-state index is 13.3. The highest BCUT2D eigenvalue weighted by molar-refractivity contribution is 7.19. The van der Waals surface area contributed by atoms with E-state index in [1.807, 2.05) is 13.0 Å². The van der Waals surface area contributed by atoms with Crippen LogP contribution in [0.15, 0.2) is 53.6 Å². The lowest BCUT2D eigenvalue weighted by molar-refractivity contribution is 0.628. The van der Waals surface area contributed by atoms with Crippen molar-refractivity contribution in [3.05, 3.63) is 85.4 Å². The predicted molar refractivity (Wildman–Crippen MR) is 110 cm³/mol. The highest BCUT2D eigenvalue weighted by atomic mass is 35.5. The Morgan fingerprint density at radius 1 is 1.11 bits per heavy atom. The number of thiophene rings is 1. The molecule has 0 aliphatic carbocycles. The molecule has 0 fully saturated rings. The highest BCUT2D eigenvalue weighted by Crippen LogP contribution is 2.35. The summed E-state index contributed by atoms with van der Waals surface area (Å²) >= 11 is 13.5. The molecule has 4 aromatic rings. The highest BCUT2D eigenvalue weighted by Gasteiger charge is 2.17. The second-order valence-corrected chi connectivity index (χ2v) is 8.16. The van der Waals surface area contributed by atoms with E-state index in [9.17, 15) is 9.18 Å². The van der Waals surface area contributed by atoms with Gasteiger partial charge < -0.3 is 0 Å². The van der Waals surface area contributed by atoms with Crippen molar-refractivity contribution in [1.82, 2.24) is 9.55 Å². The molecule has 7 heteroatoms. The van der Waals surface area contributed by atoms with Crippen molar-refractivity contribution in [2.45, 2.75) is 13.5 Å². The van der Waals surface area contributed by atoms with Crippen molar-refractivity contribution in [2.24, 2.45) is 0 Å². The largest absolute Gasteiger partial charge is 0.294 e. The minimum atomic E-state index is -0.314. The van der Waals surface area contributed by atoms with Crippen molar-refractivity contribution in [3.8, 4) is 11.1 Å². The molecule has 136 valence electrons. The molecule has 2 heterocycles. The van der Waals surface area contributed by atoms with Crippen LogP contribution in [-0.2, 0) is 6.54 Å². The fourth-order valence-corrected chi connectivity index (χ4v) is 4.37. The second kappa shape index (κ2) is 7.08. The lowest BCUT2D eigenvalue weighted by Crippen LogP contribution is -2.21. The van der Waals surface area contributed by atoms with E-state index in [-0.39, 0.29) is 11.4 Å². The van der Waals surface area contributed by atoms with Gasteiger partial charge in [0.05, 0.1) is 28.3 Å². The summed E-state index contributed by atoms with van der Waals surface area (Å²) in [7, 11) is 0. The molecule has 0 atom stereocenters. The Labute approximate surface area is 168 Å². The second-order valence-electron chi connectivity index (χ2n) is 6.15. The molecule has 2 aromatic heterocycles. The number of nitrogens with zero attached hydrogens (tertiary/aromatic N) is 2. The van der Waals surface area contributed by atoms with Gasteiger partial charge in [-0.15, -0.1) is 11.3 Å². The van der Waals surface area contributed by atoms with Gasteiger partial charge in [0.25, 0.3) is 5.56 Å². The van der Waals surface area contributed by atoms with E-state index in [1.54, 1.807) is 28.8 Å². The van der Waals surface area contributed by atoms with Crippen LogP contribution >= 0.6 is 34.5 Å². The average Bonchev–Trinajstić information content (AvgIpc) is 2.98. The molecule has 0 bridgehead atoms. The van der Waals surface area contributed by atoms with E-state index < -0.39 is 0 Å². The SMILES string of the molecule is Cc1sc2ncn(Cc3ccc(Cl)c(Cl)c3)c(=O)c2c1-c1ccc(F)cc1. The number of benzene rings is 2. The molecule has 27 heavy (non-hydrogen) atoms. The molecular formula is C20H13Cl2FN2OS. The fourth-order valence-electron chi connectivity index (χ4n) is 3.05. The Kier molecular flexibility index (Phi) is 4.76. The van der Waals surface area contributed by atoms with E-state index in [0.29, 0.717) is 26.8 Å². The van der Waals surface area contributed by atoms with Crippen LogP contribution in [-0.4, -0.2) is 9.55 Å². The molecule has 0 saturated heterocycles. The van der Waals surface area contributed by atoms with Crippen LogP contribution in [0.3, 0.4) is 0 Å². The minimum absolute atomic E-state index is 0.144. The molecule has 2 aromatic carbocycles. The summed E-state index contributed by atoms with van der Waals surface area (Å²) in [6, 6.07) is 11.4. The third-order valence-corrected chi connectivity index (χ3v) is 6.08. The van der Waals surface area contributed by atoms with Gasteiger partial charge in [-0.2, -0.15) is 0 Å². The van der Waals surface area contributed by atoms with Crippen molar-refractivity contribution < 1.29 is 4.39 Å². The van der Waals surface area contributed by atoms with Gasteiger partial charge >= 0.3 is 0 Å². The standard InChI is InChI=1S/C20H13Cl2FN2OS/c1-11-17(13-3-5-14(23)6-4-13)18-19(27-11)24-10-25(20(18)26)9-12-2-7-15(21)16(22)8-12/h2-8,10H,9H2,1H3. The van der Waals surface area contributed by atoms with E-state index in [0.717, 1.165) is 21.6 Å². The third-order valence-electron chi connectivity index (χ3n) is 4.32. The monoisotopic (exact) mass is 418 g/mol. The van der Waals surface area contributed by atoms with Crippen LogP contribution in [0.25, 0.3) is 21.3 Å². The first-order valence-electron chi connectivity index (χ1n) is 8.12. The molecule has 0 aliphatic heterocycles. The van der Waals surface area contributed by atoms with Crippen molar-refractivity contribution in [2.75, 3.05) is 0 Å². The normalized spacial score (nSPS) is 11.3. The summed E-state index contributed by atoms with van der Waals surface area (Å²) in [6.45, 7) is 2.27. The zero-order valence-corrected chi connectivity index (χ0v) is 16.5. The third kappa shape index (κ3) is 3.38. The first kappa shape index (κ1) is 18.2. The lowest BCUT2D eigenvalue weighted by Gasteiger charge is -2.08. The Morgan fingerprint density at radius 3 is 2.56 bits per heavy atom. The smallest absolute Gasteiger partial charge is 0.263 e. The van der Waals surface area contributed by atoms with Gasteiger partial charge in [0, 0.05) is 10.4 Å². The molecule has 0 aliphatic rings. The van der Waals surface area contributed by atoms with Crippen LogP contribution in [0.2, 0.25) is 10.0 Å². The van der Waals surface area contributed by atoms with Crippen molar-refractivity contribution in [3.63, 3.8) is 0 Å². The number of halogens is 3. The van der Waals surface area contributed by atoms with Gasteiger partial charge in [0.15, 0.2) is 0 Å². The van der Waals surface area contributed by atoms with E-state index in [1.165, 1.54) is 29.8 Å². The molecule has 0 amide bonds. The van der Waals surface area contributed by atoms with Gasteiger partial charge in [-0.25, -0.2) is 9.37 Å². The first-order valence-corrected chi connectivity index (χ1v) is 9.69. The van der Waals surface area contributed by atoms with E-state index in [4.69, 9.17) is 23.2 Å². The van der Waals surface area contributed by atoms with Crippen LogP contribution < -0.4 is 5.56 Å². The zero-order valence-electron chi connectivity index (χ0n) is 14.2. The summed E-state index contributed by atoms with van der Waals surface area (Å²) in [5.74, 6) is -0.314. The fraction of sp³-hybridized carbons (Fsp3) is 0.100. The molecule has 3 nitrogen and oxygen atoms in total. The Balaban J connectivity index is 1.86. The number of rotatable bonds is 3. The quantitative estimate of drug-likeness (QED) is 0.413. The Morgan fingerprint density at radius 2 is 1.85 bits per heavy atom. The van der Waals surface area contributed by atoms with Gasteiger partial charge in [0.1, 0.15) is 10.6 Å². The maximum absolute atomic E-state index is 13.3. The van der Waals surface area contributed by atoms with Gasteiger partial charge in [-0.1, -0.05) is 41.4 Å². The summed E-state index contributed by atoms with van der Waals surface area (Å²) in [4.78, 5) is 19.2. The molecule has 0 unspecified atom stereocenters. The number of fused-ring (bicyclic) bond motifs is 1.